The Kier molecular flexibility index (Phi) is 5.21. The summed E-state index contributed by atoms with van der Waals surface area (Å²) >= 11 is 0. The summed E-state index contributed by atoms with van der Waals surface area (Å²) in [4.78, 5) is 28.4. The predicted octanol–water partition coefficient (Wildman–Crippen LogP) is 2.55. The van der Waals surface area contributed by atoms with Crippen LogP contribution in [0.1, 0.15) is 56.2 Å². The number of nitrogens with zero attached hydrogens (tertiary/aromatic N) is 3. The van der Waals surface area contributed by atoms with Gasteiger partial charge in [-0.15, -0.1) is 0 Å². The highest BCUT2D eigenvalue weighted by Crippen LogP contribution is 2.20. The first-order valence-corrected chi connectivity index (χ1v) is 8.14. The summed E-state index contributed by atoms with van der Waals surface area (Å²) in [5, 5.41) is 17.0. The van der Waals surface area contributed by atoms with E-state index in [4.69, 9.17) is 0 Å². The number of aryl methyl sites for hydroxylation is 1. The third-order valence-electron chi connectivity index (χ3n) is 4.26. The molecule has 0 radical (unpaired) electrons. The Morgan fingerprint density at radius 2 is 2.00 bits per heavy atom. The van der Waals surface area contributed by atoms with Gasteiger partial charge in [-0.25, -0.2) is 14.5 Å². The van der Waals surface area contributed by atoms with Crippen LogP contribution in [0.3, 0.4) is 0 Å². The Hall–Kier alpha value is -2.44. The largest absolute Gasteiger partial charge is 0.480 e. The summed E-state index contributed by atoms with van der Waals surface area (Å²) < 4.78 is 1.79. The van der Waals surface area contributed by atoms with Crippen molar-refractivity contribution < 1.29 is 14.7 Å². The zero-order chi connectivity index (χ0) is 18.0. The molecule has 0 saturated heterocycles. The van der Waals surface area contributed by atoms with E-state index in [0.717, 1.165) is 11.0 Å². The van der Waals surface area contributed by atoms with Gasteiger partial charge in [-0.2, -0.15) is 5.10 Å². The number of carboxylic acids is 1. The summed E-state index contributed by atoms with van der Waals surface area (Å²) in [5.41, 5.74) is 1.65. The molecule has 2 heterocycles. The average molecular weight is 332 g/mol. The van der Waals surface area contributed by atoms with Gasteiger partial charge in [-0.05, 0) is 32.8 Å². The van der Waals surface area contributed by atoms with Crippen molar-refractivity contribution in [3.8, 4) is 0 Å². The van der Waals surface area contributed by atoms with Gasteiger partial charge in [-0.3, -0.25) is 4.79 Å². The van der Waals surface area contributed by atoms with Crippen LogP contribution in [0.4, 0.5) is 0 Å². The van der Waals surface area contributed by atoms with Gasteiger partial charge in [-0.1, -0.05) is 20.3 Å². The number of hydrogen-bond donors (Lipinski definition) is 2. The van der Waals surface area contributed by atoms with Gasteiger partial charge in [0.2, 0.25) is 0 Å². The lowest BCUT2D eigenvalue weighted by atomic mass is 9.98. The summed E-state index contributed by atoms with van der Waals surface area (Å²) in [7, 11) is 0. The molecule has 2 rings (SSSR count). The van der Waals surface area contributed by atoms with Gasteiger partial charge in [0.05, 0.1) is 17.5 Å². The van der Waals surface area contributed by atoms with E-state index in [1.165, 1.54) is 0 Å². The quantitative estimate of drug-likeness (QED) is 0.847. The molecule has 0 aliphatic carbocycles. The minimum Gasteiger partial charge on any atom is -0.480 e. The summed E-state index contributed by atoms with van der Waals surface area (Å²) in [6, 6.07) is 0.959. The highest BCUT2D eigenvalue weighted by molar-refractivity contribution is 6.00. The van der Waals surface area contributed by atoms with E-state index in [-0.39, 0.29) is 12.0 Å². The molecule has 24 heavy (non-hydrogen) atoms. The van der Waals surface area contributed by atoms with E-state index in [2.05, 4.69) is 15.4 Å². The highest BCUT2D eigenvalue weighted by atomic mass is 16.4. The predicted molar refractivity (Wildman–Crippen MR) is 91.0 cm³/mol. The monoisotopic (exact) mass is 332 g/mol. The molecule has 0 unspecified atom stereocenters. The maximum absolute atomic E-state index is 12.5. The number of amides is 1. The molecule has 0 aromatic carbocycles. The van der Waals surface area contributed by atoms with Gasteiger partial charge in [0, 0.05) is 11.4 Å². The number of aliphatic carboxylic acids is 1. The Morgan fingerprint density at radius 3 is 2.54 bits per heavy atom. The van der Waals surface area contributed by atoms with E-state index in [9.17, 15) is 14.7 Å². The van der Waals surface area contributed by atoms with Crippen LogP contribution in [0.25, 0.3) is 11.0 Å². The Bertz CT molecular complexity index is 767. The number of carbonyl (C=O) groups excluding carboxylic acids is 1. The fourth-order valence-electron chi connectivity index (χ4n) is 2.58. The molecule has 0 spiro atoms. The minimum atomic E-state index is -1.03. The molecule has 0 aliphatic heterocycles. The molecule has 0 bridgehead atoms. The van der Waals surface area contributed by atoms with Crippen LogP contribution >= 0.6 is 0 Å². The molecule has 7 nitrogen and oxygen atoms in total. The van der Waals surface area contributed by atoms with Gasteiger partial charge in [0.25, 0.3) is 5.91 Å². The molecular weight excluding hydrogens is 308 g/mol. The fourth-order valence-corrected chi connectivity index (χ4v) is 2.58. The number of fused-ring (bicyclic) bond motifs is 1. The molecule has 2 atom stereocenters. The van der Waals surface area contributed by atoms with Crippen LogP contribution in [0.15, 0.2) is 12.3 Å². The third-order valence-corrected chi connectivity index (χ3v) is 4.26. The molecule has 0 saturated carbocycles. The van der Waals surface area contributed by atoms with Crippen LogP contribution in [0.2, 0.25) is 0 Å². The van der Waals surface area contributed by atoms with Gasteiger partial charge in [0.15, 0.2) is 5.65 Å². The van der Waals surface area contributed by atoms with E-state index in [0.29, 0.717) is 17.7 Å². The maximum atomic E-state index is 12.5. The van der Waals surface area contributed by atoms with Crippen molar-refractivity contribution in [3.05, 3.63) is 23.5 Å². The topological polar surface area (TPSA) is 97.1 Å². The van der Waals surface area contributed by atoms with Crippen molar-refractivity contribution >= 4 is 22.9 Å². The number of rotatable bonds is 6. The van der Waals surface area contributed by atoms with Crippen LogP contribution in [0, 0.1) is 12.8 Å². The second-order valence-electron chi connectivity index (χ2n) is 6.39. The summed E-state index contributed by atoms with van der Waals surface area (Å²) in [5.74, 6) is -1.61. The lowest BCUT2D eigenvalue weighted by Gasteiger charge is -2.20. The second-order valence-corrected chi connectivity index (χ2v) is 6.39. The first-order valence-electron chi connectivity index (χ1n) is 8.14. The number of nitrogens with one attached hydrogen (secondary N) is 1. The van der Waals surface area contributed by atoms with Crippen LogP contribution in [-0.4, -0.2) is 37.8 Å². The standard InChI is InChI=1S/C17H24N4O3/c1-6-10(4)14(17(23)24)20-16(22)13-7-12-8-18-21(9(2)3)15(12)19-11(13)5/h7-10,14H,6H2,1-5H3,(H,20,22)(H,23,24)/t10-,14-/m0/s1. The van der Waals surface area contributed by atoms with E-state index in [1.54, 1.807) is 30.8 Å². The van der Waals surface area contributed by atoms with Crippen molar-refractivity contribution in [2.24, 2.45) is 5.92 Å². The van der Waals surface area contributed by atoms with Gasteiger partial charge < -0.3 is 10.4 Å². The van der Waals surface area contributed by atoms with Crippen molar-refractivity contribution in [2.45, 2.75) is 53.1 Å². The second kappa shape index (κ2) is 6.98. The first kappa shape index (κ1) is 17.9. The number of hydrogen-bond acceptors (Lipinski definition) is 4. The smallest absolute Gasteiger partial charge is 0.326 e. The van der Waals surface area contributed by atoms with E-state index < -0.39 is 17.9 Å². The lowest BCUT2D eigenvalue weighted by molar-refractivity contribution is -0.140. The number of carboxylic acid groups (broad SMARTS) is 1. The van der Waals surface area contributed by atoms with E-state index >= 15 is 0 Å². The maximum Gasteiger partial charge on any atom is 0.326 e. The molecule has 130 valence electrons. The zero-order valence-electron chi connectivity index (χ0n) is 14.7. The molecule has 0 aliphatic rings. The van der Waals surface area contributed by atoms with Crippen molar-refractivity contribution in [3.63, 3.8) is 0 Å². The zero-order valence-corrected chi connectivity index (χ0v) is 14.7. The van der Waals surface area contributed by atoms with Crippen LogP contribution in [-0.2, 0) is 4.79 Å². The van der Waals surface area contributed by atoms with Crippen molar-refractivity contribution in [2.75, 3.05) is 0 Å². The summed E-state index contributed by atoms with van der Waals surface area (Å²) in [6.07, 6.45) is 2.33. The summed E-state index contributed by atoms with van der Waals surface area (Å²) in [6.45, 7) is 9.46. The van der Waals surface area contributed by atoms with Crippen LogP contribution in [0.5, 0.6) is 0 Å². The van der Waals surface area contributed by atoms with Crippen LogP contribution < -0.4 is 5.32 Å². The molecule has 2 aromatic rings. The van der Waals surface area contributed by atoms with Gasteiger partial charge in [0.1, 0.15) is 6.04 Å². The number of aromatic nitrogens is 3. The Labute approximate surface area is 141 Å². The molecular formula is C17H24N4O3. The first-order chi connectivity index (χ1) is 11.3. The van der Waals surface area contributed by atoms with Crippen molar-refractivity contribution in [1.29, 1.82) is 0 Å². The number of pyridine rings is 1. The normalized spacial score (nSPS) is 13.9. The Morgan fingerprint density at radius 1 is 1.33 bits per heavy atom. The lowest BCUT2D eigenvalue weighted by Crippen LogP contribution is -2.45. The molecule has 7 heteroatoms. The minimum absolute atomic E-state index is 0.160. The SMILES string of the molecule is CC[C@H](C)[C@H](NC(=O)c1cc2cnn(C(C)C)c2nc1C)C(=O)O. The molecule has 2 N–H and O–H groups in total. The van der Waals surface area contributed by atoms with Gasteiger partial charge >= 0.3 is 5.97 Å². The van der Waals surface area contributed by atoms with Crippen molar-refractivity contribution in [1.82, 2.24) is 20.1 Å². The number of carbonyl (C=O) groups is 2. The Balaban J connectivity index is 2.36. The highest BCUT2D eigenvalue weighted by Gasteiger charge is 2.26. The average Bonchev–Trinajstić information content (AvgIpc) is 2.93. The van der Waals surface area contributed by atoms with E-state index in [1.807, 2.05) is 20.8 Å². The fraction of sp³-hybridized carbons (Fsp3) is 0.529. The molecule has 1 amide bonds. The molecule has 2 aromatic heterocycles. The third kappa shape index (κ3) is 3.39. The molecule has 0 fully saturated rings.